The summed E-state index contributed by atoms with van der Waals surface area (Å²) in [6.45, 7) is 0.533. The standard InChI is InChI=1S/C14H15NO4/c1-19-14(18)10-11-9-5-3-2-4-8(9)6-7-15(11)13(17)12(10)16/h2-5,10-12,16H,6-7H2,1H3/t10-,11+,12+/m0/s1. The predicted molar refractivity (Wildman–Crippen MR) is 66.1 cm³/mol. The lowest BCUT2D eigenvalue weighted by atomic mass is 9.86. The molecule has 1 aromatic carbocycles. The van der Waals surface area contributed by atoms with Crippen LogP contribution in [0.3, 0.4) is 0 Å². The van der Waals surface area contributed by atoms with Crippen LogP contribution in [0.25, 0.3) is 0 Å². The number of methoxy groups -OCH3 is 1. The summed E-state index contributed by atoms with van der Waals surface area (Å²) >= 11 is 0. The first-order chi connectivity index (χ1) is 9.15. The maximum absolute atomic E-state index is 12.0. The second kappa shape index (κ2) is 4.35. The summed E-state index contributed by atoms with van der Waals surface area (Å²) in [4.78, 5) is 25.5. The van der Waals surface area contributed by atoms with Gasteiger partial charge in [0.1, 0.15) is 12.0 Å². The highest BCUT2D eigenvalue weighted by atomic mass is 16.5. The van der Waals surface area contributed by atoms with Crippen molar-refractivity contribution >= 4 is 11.9 Å². The van der Waals surface area contributed by atoms with Crippen LogP contribution in [0.4, 0.5) is 0 Å². The van der Waals surface area contributed by atoms with Gasteiger partial charge in [-0.15, -0.1) is 0 Å². The van der Waals surface area contributed by atoms with Crippen molar-refractivity contribution in [3.63, 3.8) is 0 Å². The Bertz CT molecular complexity index is 542. The molecule has 0 aromatic heterocycles. The van der Waals surface area contributed by atoms with E-state index in [9.17, 15) is 14.7 Å². The molecule has 1 N–H and O–H groups in total. The molecular weight excluding hydrogens is 246 g/mol. The number of fused-ring (bicyclic) bond motifs is 3. The van der Waals surface area contributed by atoms with E-state index in [-0.39, 0.29) is 5.91 Å². The van der Waals surface area contributed by atoms with E-state index in [0.29, 0.717) is 6.54 Å². The summed E-state index contributed by atoms with van der Waals surface area (Å²) in [6, 6.07) is 7.32. The molecule has 0 saturated carbocycles. The fourth-order valence-corrected chi connectivity index (χ4v) is 3.12. The number of esters is 1. The molecule has 0 unspecified atom stereocenters. The number of aliphatic hydroxyl groups is 1. The van der Waals surface area contributed by atoms with Crippen molar-refractivity contribution in [3.8, 4) is 0 Å². The molecule has 2 aliphatic heterocycles. The minimum absolute atomic E-state index is 0.380. The van der Waals surface area contributed by atoms with Gasteiger partial charge in [0.05, 0.1) is 13.2 Å². The van der Waals surface area contributed by atoms with E-state index in [0.717, 1.165) is 17.5 Å². The zero-order valence-corrected chi connectivity index (χ0v) is 10.6. The van der Waals surface area contributed by atoms with Crippen LogP contribution in [0.2, 0.25) is 0 Å². The smallest absolute Gasteiger partial charge is 0.314 e. The third-order valence-electron chi connectivity index (χ3n) is 4.02. The third kappa shape index (κ3) is 1.65. The molecule has 19 heavy (non-hydrogen) atoms. The van der Waals surface area contributed by atoms with E-state index >= 15 is 0 Å². The molecule has 100 valence electrons. The van der Waals surface area contributed by atoms with Crippen LogP contribution in [-0.2, 0) is 20.7 Å². The number of hydrogen-bond acceptors (Lipinski definition) is 4. The van der Waals surface area contributed by atoms with Gasteiger partial charge in [-0.1, -0.05) is 24.3 Å². The first-order valence-corrected chi connectivity index (χ1v) is 6.29. The average Bonchev–Trinajstić information content (AvgIpc) is 2.71. The van der Waals surface area contributed by atoms with Gasteiger partial charge >= 0.3 is 5.97 Å². The van der Waals surface area contributed by atoms with Gasteiger partial charge in [0.15, 0.2) is 0 Å². The molecule has 3 atom stereocenters. The molecule has 5 nitrogen and oxygen atoms in total. The Morgan fingerprint density at radius 2 is 2.16 bits per heavy atom. The summed E-state index contributed by atoms with van der Waals surface area (Å²) in [5.41, 5.74) is 2.06. The van der Waals surface area contributed by atoms with Crippen LogP contribution in [-0.4, -0.2) is 41.6 Å². The van der Waals surface area contributed by atoms with Gasteiger partial charge in [-0.25, -0.2) is 0 Å². The molecule has 3 rings (SSSR count). The number of rotatable bonds is 1. The molecule has 2 heterocycles. The maximum Gasteiger partial charge on any atom is 0.314 e. The minimum atomic E-state index is -1.30. The van der Waals surface area contributed by atoms with E-state index in [4.69, 9.17) is 4.74 Å². The van der Waals surface area contributed by atoms with E-state index < -0.39 is 24.0 Å². The average molecular weight is 261 g/mol. The van der Waals surface area contributed by atoms with Crippen molar-refractivity contribution in [1.82, 2.24) is 4.90 Å². The Morgan fingerprint density at radius 1 is 1.42 bits per heavy atom. The summed E-state index contributed by atoms with van der Waals surface area (Å²) in [7, 11) is 1.27. The van der Waals surface area contributed by atoms with E-state index in [1.165, 1.54) is 7.11 Å². The maximum atomic E-state index is 12.0. The highest BCUT2D eigenvalue weighted by Gasteiger charge is 2.53. The van der Waals surface area contributed by atoms with Crippen LogP contribution in [0.5, 0.6) is 0 Å². The molecule has 5 heteroatoms. The lowest BCUT2D eigenvalue weighted by Gasteiger charge is -2.33. The van der Waals surface area contributed by atoms with Crippen molar-refractivity contribution < 1.29 is 19.4 Å². The number of nitrogens with zero attached hydrogens (tertiary/aromatic N) is 1. The SMILES string of the molecule is COC(=O)[C@H]1[C@H]2c3ccccc3CCN2C(=O)[C@@H]1O. The monoisotopic (exact) mass is 261 g/mol. The van der Waals surface area contributed by atoms with Crippen LogP contribution < -0.4 is 0 Å². The zero-order chi connectivity index (χ0) is 13.6. The Balaban J connectivity index is 2.09. The number of carbonyl (C=O) groups is 2. The molecule has 0 spiro atoms. The summed E-state index contributed by atoms with van der Waals surface area (Å²) < 4.78 is 4.74. The second-order valence-electron chi connectivity index (χ2n) is 4.92. The molecule has 0 radical (unpaired) electrons. The fourth-order valence-electron chi connectivity index (χ4n) is 3.12. The number of ether oxygens (including phenoxy) is 1. The fraction of sp³-hybridized carbons (Fsp3) is 0.429. The summed E-state index contributed by atoms with van der Waals surface area (Å²) in [6.07, 6.45) is -0.553. The highest BCUT2D eigenvalue weighted by molar-refractivity contribution is 5.92. The summed E-state index contributed by atoms with van der Waals surface area (Å²) in [5.74, 6) is -1.75. The van der Waals surface area contributed by atoms with E-state index in [1.807, 2.05) is 24.3 Å². The van der Waals surface area contributed by atoms with Crippen molar-refractivity contribution in [3.05, 3.63) is 35.4 Å². The van der Waals surface area contributed by atoms with Crippen LogP contribution in [0.15, 0.2) is 24.3 Å². The Kier molecular flexibility index (Phi) is 2.78. The Labute approximate surface area is 110 Å². The van der Waals surface area contributed by atoms with E-state index in [1.54, 1.807) is 4.90 Å². The van der Waals surface area contributed by atoms with Crippen molar-refractivity contribution in [2.45, 2.75) is 18.6 Å². The number of amides is 1. The van der Waals surface area contributed by atoms with Crippen LogP contribution in [0, 0.1) is 5.92 Å². The van der Waals surface area contributed by atoms with Gasteiger partial charge in [-0.2, -0.15) is 0 Å². The zero-order valence-electron chi connectivity index (χ0n) is 10.6. The first-order valence-electron chi connectivity index (χ1n) is 6.29. The topological polar surface area (TPSA) is 66.8 Å². The molecule has 0 bridgehead atoms. The predicted octanol–water partition coefficient (Wildman–Crippen LogP) is 0.276. The Hall–Kier alpha value is -1.88. The van der Waals surface area contributed by atoms with Crippen molar-refractivity contribution in [1.29, 1.82) is 0 Å². The van der Waals surface area contributed by atoms with Crippen molar-refractivity contribution in [2.75, 3.05) is 13.7 Å². The van der Waals surface area contributed by atoms with Crippen LogP contribution >= 0.6 is 0 Å². The number of hydrogen-bond donors (Lipinski definition) is 1. The molecule has 1 saturated heterocycles. The highest BCUT2D eigenvalue weighted by Crippen LogP contribution is 2.42. The van der Waals surface area contributed by atoms with Crippen LogP contribution in [0.1, 0.15) is 17.2 Å². The lowest BCUT2D eigenvalue weighted by Crippen LogP contribution is -2.36. The van der Waals surface area contributed by atoms with Gasteiger partial charge in [0.25, 0.3) is 5.91 Å². The van der Waals surface area contributed by atoms with Gasteiger partial charge in [0.2, 0.25) is 0 Å². The molecule has 0 aliphatic carbocycles. The second-order valence-corrected chi connectivity index (χ2v) is 4.92. The molecule has 1 amide bonds. The third-order valence-corrected chi connectivity index (χ3v) is 4.02. The number of carbonyl (C=O) groups excluding carboxylic acids is 2. The molecule has 2 aliphatic rings. The largest absolute Gasteiger partial charge is 0.469 e. The van der Waals surface area contributed by atoms with E-state index in [2.05, 4.69) is 0 Å². The molecule has 1 aromatic rings. The van der Waals surface area contributed by atoms with Crippen molar-refractivity contribution in [2.24, 2.45) is 5.92 Å². The van der Waals surface area contributed by atoms with Gasteiger partial charge in [-0.3, -0.25) is 9.59 Å². The minimum Gasteiger partial charge on any atom is -0.469 e. The lowest BCUT2D eigenvalue weighted by molar-refractivity contribution is -0.150. The normalized spacial score (nSPS) is 28.8. The molecular formula is C14H15NO4. The van der Waals surface area contributed by atoms with Gasteiger partial charge < -0.3 is 14.7 Å². The van der Waals surface area contributed by atoms with Gasteiger partial charge in [0, 0.05) is 6.54 Å². The Morgan fingerprint density at radius 3 is 2.89 bits per heavy atom. The number of aliphatic hydroxyl groups excluding tert-OH is 1. The van der Waals surface area contributed by atoms with Gasteiger partial charge in [-0.05, 0) is 17.5 Å². The summed E-state index contributed by atoms with van der Waals surface area (Å²) in [5, 5.41) is 10.0. The molecule has 1 fully saturated rings. The quantitative estimate of drug-likeness (QED) is 0.737. The number of benzene rings is 1. The first kappa shape index (κ1) is 12.2.